The molecule has 98 valence electrons. The number of nitrogens with one attached hydrogen (secondary N) is 2. The molecule has 1 aromatic heterocycles. The number of hydrogen-bond donors (Lipinski definition) is 2. The van der Waals surface area contributed by atoms with Gasteiger partial charge in [0.2, 0.25) is 0 Å². The lowest BCUT2D eigenvalue weighted by Crippen LogP contribution is -2.19. The molecule has 19 heavy (non-hydrogen) atoms. The van der Waals surface area contributed by atoms with Crippen molar-refractivity contribution in [3.05, 3.63) is 42.0 Å². The van der Waals surface area contributed by atoms with Crippen molar-refractivity contribution in [1.82, 2.24) is 20.6 Å². The maximum atomic E-state index is 11.4. The van der Waals surface area contributed by atoms with E-state index in [1.54, 1.807) is 0 Å². The van der Waals surface area contributed by atoms with E-state index in [0.717, 1.165) is 5.56 Å². The second-order valence-electron chi connectivity index (χ2n) is 3.61. The highest BCUT2D eigenvalue weighted by molar-refractivity contribution is 5.89. The molecule has 2 rings (SSSR count). The summed E-state index contributed by atoms with van der Waals surface area (Å²) < 4.78 is 5.18. The van der Waals surface area contributed by atoms with Gasteiger partial charge in [0.15, 0.2) is 0 Å². The quantitative estimate of drug-likeness (QED) is 0.751. The molecule has 0 spiro atoms. The molecule has 0 bridgehead atoms. The number of tetrazole rings is 1. The highest BCUT2D eigenvalue weighted by atomic mass is 16.5. The molecule has 2 N–H and O–H groups in total. The topological polar surface area (TPSA) is 92.8 Å². The molecule has 0 radical (unpaired) electrons. The van der Waals surface area contributed by atoms with Crippen molar-refractivity contribution in [2.75, 3.05) is 18.5 Å². The van der Waals surface area contributed by atoms with Gasteiger partial charge in [0, 0.05) is 0 Å². The van der Waals surface area contributed by atoms with E-state index in [1.807, 2.05) is 42.5 Å². The Morgan fingerprint density at radius 2 is 2.21 bits per heavy atom. The van der Waals surface area contributed by atoms with Gasteiger partial charge in [0.1, 0.15) is 6.61 Å². The van der Waals surface area contributed by atoms with Gasteiger partial charge < -0.3 is 4.74 Å². The first kappa shape index (κ1) is 12.9. The lowest BCUT2D eigenvalue weighted by Gasteiger charge is -2.00. The average molecular weight is 259 g/mol. The summed E-state index contributed by atoms with van der Waals surface area (Å²) in [6.07, 6.45) is 3.77. The smallest absolute Gasteiger partial charge is 0.269 e. The van der Waals surface area contributed by atoms with Crippen molar-refractivity contribution in [3.63, 3.8) is 0 Å². The van der Waals surface area contributed by atoms with Gasteiger partial charge in [-0.25, -0.2) is 0 Å². The SMILES string of the molecule is O=C(COC/C=C/c1ccccc1)Nc1nn[nH]n1. The van der Waals surface area contributed by atoms with E-state index >= 15 is 0 Å². The standard InChI is InChI=1S/C12H13N5O2/c18-11(13-12-14-16-17-15-12)9-19-8-4-7-10-5-2-1-3-6-10/h1-7H,8-9H2,(H2,13,14,15,16,17,18)/b7-4+. The van der Waals surface area contributed by atoms with Gasteiger partial charge in [0.05, 0.1) is 6.61 Å². The fourth-order valence-corrected chi connectivity index (χ4v) is 1.34. The molecular weight excluding hydrogens is 246 g/mol. The summed E-state index contributed by atoms with van der Waals surface area (Å²) >= 11 is 0. The maximum absolute atomic E-state index is 11.4. The number of anilines is 1. The number of benzene rings is 1. The fourth-order valence-electron chi connectivity index (χ4n) is 1.34. The molecule has 0 aliphatic rings. The van der Waals surface area contributed by atoms with Crippen LogP contribution in [0.2, 0.25) is 0 Å². The van der Waals surface area contributed by atoms with Crippen molar-refractivity contribution < 1.29 is 9.53 Å². The number of hydrogen-bond acceptors (Lipinski definition) is 5. The summed E-state index contributed by atoms with van der Waals surface area (Å²) in [5.74, 6) is -0.192. The van der Waals surface area contributed by atoms with Gasteiger partial charge in [0.25, 0.3) is 11.9 Å². The third-order valence-electron chi connectivity index (χ3n) is 2.15. The Kier molecular flexibility index (Phi) is 4.77. The van der Waals surface area contributed by atoms with E-state index in [-0.39, 0.29) is 18.5 Å². The Balaban J connectivity index is 1.64. The molecule has 7 heteroatoms. The van der Waals surface area contributed by atoms with Crippen molar-refractivity contribution in [2.24, 2.45) is 0 Å². The van der Waals surface area contributed by atoms with Gasteiger partial charge in [-0.2, -0.15) is 5.21 Å². The van der Waals surface area contributed by atoms with E-state index in [1.165, 1.54) is 0 Å². The monoisotopic (exact) mass is 259 g/mol. The molecule has 1 heterocycles. The van der Waals surface area contributed by atoms with Crippen molar-refractivity contribution in [2.45, 2.75) is 0 Å². The van der Waals surface area contributed by atoms with Crippen LogP contribution >= 0.6 is 0 Å². The lowest BCUT2D eigenvalue weighted by atomic mass is 10.2. The molecule has 0 fully saturated rings. The first-order valence-electron chi connectivity index (χ1n) is 5.67. The maximum Gasteiger partial charge on any atom is 0.269 e. The molecule has 0 unspecified atom stereocenters. The second-order valence-corrected chi connectivity index (χ2v) is 3.61. The second kappa shape index (κ2) is 7.02. The van der Waals surface area contributed by atoms with Crippen LogP contribution in [0.4, 0.5) is 5.95 Å². The van der Waals surface area contributed by atoms with Crippen LogP contribution in [-0.2, 0) is 9.53 Å². The minimum absolute atomic E-state index is 0.0618. The van der Waals surface area contributed by atoms with Crippen LogP contribution in [0.3, 0.4) is 0 Å². The number of aromatic nitrogens is 4. The van der Waals surface area contributed by atoms with Crippen LogP contribution in [0, 0.1) is 0 Å². The average Bonchev–Trinajstić information content (AvgIpc) is 2.92. The minimum Gasteiger partial charge on any atom is -0.368 e. The first-order valence-corrected chi connectivity index (χ1v) is 5.67. The van der Waals surface area contributed by atoms with Gasteiger partial charge in [-0.3, -0.25) is 10.1 Å². The van der Waals surface area contributed by atoms with E-state index in [2.05, 4.69) is 25.9 Å². The van der Waals surface area contributed by atoms with Crippen molar-refractivity contribution in [3.8, 4) is 0 Å². The Bertz CT molecular complexity index is 524. The number of H-pyrrole nitrogens is 1. The van der Waals surface area contributed by atoms with Crippen LogP contribution < -0.4 is 5.32 Å². The lowest BCUT2D eigenvalue weighted by molar-refractivity contribution is -0.120. The molecule has 0 saturated heterocycles. The van der Waals surface area contributed by atoms with Gasteiger partial charge >= 0.3 is 0 Å². The summed E-state index contributed by atoms with van der Waals surface area (Å²) in [4.78, 5) is 11.4. The normalized spacial score (nSPS) is 10.7. The molecule has 0 aliphatic carbocycles. The van der Waals surface area contributed by atoms with Crippen LogP contribution in [-0.4, -0.2) is 39.7 Å². The Labute approximate surface area is 109 Å². The number of aromatic amines is 1. The Hall–Kier alpha value is -2.54. The zero-order chi connectivity index (χ0) is 13.3. The summed E-state index contributed by atoms with van der Waals surface area (Å²) in [6, 6.07) is 9.84. The zero-order valence-corrected chi connectivity index (χ0v) is 10.1. The minimum atomic E-state index is -0.325. The molecule has 1 amide bonds. The third-order valence-corrected chi connectivity index (χ3v) is 2.15. The van der Waals surface area contributed by atoms with Crippen LogP contribution in [0.5, 0.6) is 0 Å². The van der Waals surface area contributed by atoms with E-state index in [9.17, 15) is 4.79 Å². The van der Waals surface area contributed by atoms with Crippen LogP contribution in [0.15, 0.2) is 36.4 Å². The van der Waals surface area contributed by atoms with Gasteiger partial charge in [-0.15, -0.1) is 5.10 Å². The highest BCUT2D eigenvalue weighted by Gasteiger charge is 2.04. The summed E-state index contributed by atoms with van der Waals surface area (Å²) in [5, 5.41) is 15.2. The molecule has 0 saturated carbocycles. The number of nitrogens with zero attached hydrogens (tertiary/aromatic N) is 3. The molecule has 1 aromatic carbocycles. The zero-order valence-electron chi connectivity index (χ0n) is 10.1. The first-order chi connectivity index (χ1) is 9.34. The van der Waals surface area contributed by atoms with E-state index in [4.69, 9.17) is 4.74 Å². The molecule has 7 nitrogen and oxygen atoms in total. The number of carbonyl (C=O) groups is 1. The summed E-state index contributed by atoms with van der Waals surface area (Å²) in [6.45, 7) is 0.294. The third kappa shape index (κ3) is 4.68. The highest BCUT2D eigenvalue weighted by Crippen LogP contribution is 2.00. The molecule has 0 aliphatic heterocycles. The fraction of sp³-hybridized carbons (Fsp3) is 0.167. The Morgan fingerprint density at radius 1 is 1.37 bits per heavy atom. The van der Waals surface area contributed by atoms with Crippen molar-refractivity contribution >= 4 is 17.9 Å². The largest absolute Gasteiger partial charge is 0.368 e. The molecular formula is C12H13N5O2. The summed E-state index contributed by atoms with van der Waals surface area (Å²) in [7, 11) is 0. The number of amides is 1. The van der Waals surface area contributed by atoms with Crippen LogP contribution in [0.1, 0.15) is 5.56 Å². The van der Waals surface area contributed by atoms with E-state index in [0.29, 0.717) is 6.61 Å². The van der Waals surface area contributed by atoms with E-state index < -0.39 is 0 Å². The number of rotatable bonds is 6. The van der Waals surface area contributed by atoms with Gasteiger partial charge in [-0.1, -0.05) is 47.6 Å². The van der Waals surface area contributed by atoms with Gasteiger partial charge in [-0.05, 0) is 10.8 Å². The number of carbonyl (C=O) groups excluding carboxylic acids is 1. The summed E-state index contributed by atoms with van der Waals surface area (Å²) in [5.41, 5.74) is 1.09. The van der Waals surface area contributed by atoms with Crippen molar-refractivity contribution in [1.29, 1.82) is 0 Å². The predicted octanol–water partition coefficient (Wildman–Crippen LogP) is 0.868. The number of ether oxygens (including phenoxy) is 1. The Morgan fingerprint density at radius 3 is 2.95 bits per heavy atom. The van der Waals surface area contributed by atoms with Crippen LogP contribution in [0.25, 0.3) is 6.08 Å². The molecule has 0 atom stereocenters. The predicted molar refractivity (Wildman–Crippen MR) is 69.1 cm³/mol. The molecule has 2 aromatic rings.